The fraction of sp³-hybridized carbons (Fsp3) is 0.300. The van der Waals surface area contributed by atoms with E-state index in [-0.39, 0.29) is 17.3 Å². The summed E-state index contributed by atoms with van der Waals surface area (Å²) < 4.78 is 43.0. The number of hydrogen-bond acceptors (Lipinski definition) is 7. The van der Waals surface area contributed by atoms with E-state index in [4.69, 9.17) is 14.0 Å². The molecule has 1 heterocycles. The van der Waals surface area contributed by atoms with Crippen LogP contribution < -0.4 is 9.47 Å². The summed E-state index contributed by atoms with van der Waals surface area (Å²) in [5, 5.41) is 3.94. The molecular formula is C20H23N3O5S. The Hall–Kier alpha value is -2.91. The first-order valence-electron chi connectivity index (χ1n) is 8.85. The predicted molar refractivity (Wildman–Crippen MR) is 107 cm³/mol. The van der Waals surface area contributed by atoms with Crippen molar-refractivity contribution in [2.45, 2.75) is 25.3 Å². The highest BCUT2D eigenvalue weighted by molar-refractivity contribution is 7.89. The lowest BCUT2D eigenvalue weighted by molar-refractivity contribution is 0.336. The Morgan fingerprint density at radius 2 is 1.83 bits per heavy atom. The van der Waals surface area contributed by atoms with E-state index >= 15 is 0 Å². The van der Waals surface area contributed by atoms with Crippen molar-refractivity contribution in [1.29, 1.82) is 0 Å². The summed E-state index contributed by atoms with van der Waals surface area (Å²) in [4.78, 5) is 4.52. The zero-order valence-corrected chi connectivity index (χ0v) is 17.8. The van der Waals surface area contributed by atoms with Crippen LogP contribution in [0.4, 0.5) is 0 Å². The summed E-state index contributed by atoms with van der Waals surface area (Å²) >= 11 is 0. The van der Waals surface area contributed by atoms with E-state index in [1.165, 1.54) is 11.4 Å². The van der Waals surface area contributed by atoms with Crippen LogP contribution in [0.3, 0.4) is 0 Å². The summed E-state index contributed by atoms with van der Waals surface area (Å²) in [5.74, 6) is 1.86. The number of sulfonamides is 1. The first-order chi connectivity index (χ1) is 13.8. The number of methoxy groups -OCH3 is 2. The monoisotopic (exact) mass is 417 g/mol. The van der Waals surface area contributed by atoms with Crippen LogP contribution in [-0.4, -0.2) is 44.1 Å². The van der Waals surface area contributed by atoms with E-state index < -0.39 is 10.0 Å². The lowest BCUT2D eigenvalue weighted by atomic mass is 10.1. The lowest BCUT2D eigenvalue weighted by Gasteiger charge is -2.18. The quantitative estimate of drug-likeness (QED) is 0.583. The highest BCUT2D eigenvalue weighted by atomic mass is 32.2. The predicted octanol–water partition coefficient (Wildman–Crippen LogP) is 3.19. The Balaban J connectivity index is 1.84. The topological polar surface area (TPSA) is 94.8 Å². The largest absolute Gasteiger partial charge is 0.497 e. The molecule has 0 atom stereocenters. The Kier molecular flexibility index (Phi) is 5.90. The zero-order valence-electron chi connectivity index (χ0n) is 17.0. The van der Waals surface area contributed by atoms with Crippen LogP contribution in [0.2, 0.25) is 0 Å². The van der Waals surface area contributed by atoms with Crippen molar-refractivity contribution < 1.29 is 22.4 Å². The SMILES string of the molecule is COc1cccc(-c2noc(CN(C)S(=O)(=O)c3ccc(OC)c(C)c3C)n2)c1. The van der Waals surface area contributed by atoms with Gasteiger partial charge in [-0.3, -0.25) is 0 Å². The van der Waals surface area contributed by atoms with Crippen LogP contribution >= 0.6 is 0 Å². The van der Waals surface area contributed by atoms with Gasteiger partial charge in [0.2, 0.25) is 21.7 Å². The van der Waals surface area contributed by atoms with E-state index in [1.54, 1.807) is 39.3 Å². The molecule has 0 bridgehead atoms. The van der Waals surface area contributed by atoms with Crippen molar-refractivity contribution in [3.05, 3.63) is 53.4 Å². The Bertz CT molecular complexity index is 1120. The highest BCUT2D eigenvalue weighted by Gasteiger charge is 2.26. The third-order valence-corrected chi connectivity index (χ3v) is 6.70. The van der Waals surface area contributed by atoms with Crippen LogP contribution in [0, 0.1) is 13.8 Å². The van der Waals surface area contributed by atoms with Gasteiger partial charge in [0.15, 0.2) is 0 Å². The summed E-state index contributed by atoms with van der Waals surface area (Å²) in [6.45, 7) is 3.53. The van der Waals surface area contributed by atoms with Crippen molar-refractivity contribution in [1.82, 2.24) is 14.4 Å². The first-order valence-corrected chi connectivity index (χ1v) is 10.3. The molecule has 0 aliphatic heterocycles. The fourth-order valence-electron chi connectivity index (χ4n) is 2.91. The van der Waals surface area contributed by atoms with Gasteiger partial charge >= 0.3 is 0 Å². The third-order valence-electron chi connectivity index (χ3n) is 4.75. The summed E-state index contributed by atoms with van der Waals surface area (Å²) in [6.07, 6.45) is 0. The molecule has 0 aliphatic rings. The molecule has 0 radical (unpaired) electrons. The second kappa shape index (κ2) is 8.22. The molecule has 1 aromatic heterocycles. The molecule has 0 spiro atoms. The molecule has 0 saturated heterocycles. The third kappa shape index (κ3) is 4.10. The minimum Gasteiger partial charge on any atom is -0.497 e. The molecule has 0 saturated carbocycles. The van der Waals surface area contributed by atoms with Crippen molar-refractivity contribution in [2.75, 3.05) is 21.3 Å². The van der Waals surface area contributed by atoms with Crippen LogP contribution in [0.15, 0.2) is 45.8 Å². The number of rotatable bonds is 7. The number of nitrogens with zero attached hydrogens (tertiary/aromatic N) is 3. The molecule has 9 heteroatoms. The number of aromatic nitrogens is 2. The van der Waals surface area contributed by atoms with Gasteiger partial charge in [0, 0.05) is 12.6 Å². The highest BCUT2D eigenvalue weighted by Crippen LogP contribution is 2.29. The summed E-state index contributed by atoms with van der Waals surface area (Å²) in [6, 6.07) is 10.4. The van der Waals surface area contributed by atoms with E-state index in [9.17, 15) is 8.42 Å². The number of benzene rings is 2. The van der Waals surface area contributed by atoms with E-state index in [0.29, 0.717) is 28.5 Å². The zero-order chi connectivity index (χ0) is 21.2. The van der Waals surface area contributed by atoms with Gasteiger partial charge in [-0.2, -0.15) is 9.29 Å². The Labute approximate surface area is 170 Å². The van der Waals surface area contributed by atoms with Crippen molar-refractivity contribution in [3.63, 3.8) is 0 Å². The molecule has 0 aliphatic carbocycles. The lowest BCUT2D eigenvalue weighted by Crippen LogP contribution is -2.27. The summed E-state index contributed by atoms with van der Waals surface area (Å²) in [5.41, 5.74) is 2.13. The molecule has 154 valence electrons. The van der Waals surface area contributed by atoms with Crippen LogP contribution in [-0.2, 0) is 16.6 Å². The maximum Gasteiger partial charge on any atom is 0.243 e. The molecule has 0 amide bonds. The van der Waals surface area contributed by atoms with E-state index in [0.717, 1.165) is 5.56 Å². The molecule has 3 rings (SSSR count). The smallest absolute Gasteiger partial charge is 0.243 e. The van der Waals surface area contributed by atoms with Crippen LogP contribution in [0.25, 0.3) is 11.4 Å². The molecule has 8 nitrogen and oxygen atoms in total. The van der Waals surface area contributed by atoms with Gasteiger partial charge in [-0.25, -0.2) is 8.42 Å². The minimum atomic E-state index is -3.75. The van der Waals surface area contributed by atoms with Crippen molar-refractivity contribution in [2.24, 2.45) is 0 Å². The maximum atomic E-state index is 13.0. The Morgan fingerprint density at radius 1 is 1.07 bits per heavy atom. The van der Waals surface area contributed by atoms with E-state index in [2.05, 4.69) is 10.1 Å². The normalized spacial score (nSPS) is 11.7. The van der Waals surface area contributed by atoms with Gasteiger partial charge in [0.1, 0.15) is 11.5 Å². The summed E-state index contributed by atoms with van der Waals surface area (Å²) in [7, 11) is 0.851. The number of hydrogen-bond donors (Lipinski definition) is 0. The average Bonchev–Trinajstić information content (AvgIpc) is 3.18. The molecule has 2 aromatic carbocycles. The van der Waals surface area contributed by atoms with Gasteiger partial charge in [0.05, 0.1) is 25.7 Å². The van der Waals surface area contributed by atoms with Gasteiger partial charge in [0.25, 0.3) is 0 Å². The van der Waals surface area contributed by atoms with Gasteiger partial charge in [-0.15, -0.1) is 0 Å². The minimum absolute atomic E-state index is 0.0518. The van der Waals surface area contributed by atoms with Gasteiger partial charge in [-0.1, -0.05) is 17.3 Å². The molecule has 0 N–H and O–H groups in total. The van der Waals surface area contributed by atoms with Gasteiger partial charge < -0.3 is 14.0 Å². The Morgan fingerprint density at radius 3 is 2.52 bits per heavy atom. The first kappa shape index (κ1) is 20.8. The number of ether oxygens (including phenoxy) is 2. The molecule has 0 fully saturated rings. The fourth-order valence-corrected chi connectivity index (χ4v) is 4.31. The average molecular weight is 417 g/mol. The van der Waals surface area contributed by atoms with Crippen molar-refractivity contribution >= 4 is 10.0 Å². The van der Waals surface area contributed by atoms with Crippen LogP contribution in [0.1, 0.15) is 17.0 Å². The van der Waals surface area contributed by atoms with E-state index in [1.807, 2.05) is 25.1 Å². The standard InChI is InChI=1S/C20H23N3O5S/c1-13-14(2)18(10-9-17(13)27-5)29(24,25)23(3)12-19-21-20(22-28-19)15-7-6-8-16(11-15)26-4/h6-11H,12H2,1-5H3. The van der Waals surface area contributed by atoms with Crippen molar-refractivity contribution in [3.8, 4) is 22.9 Å². The maximum absolute atomic E-state index is 13.0. The second-order valence-electron chi connectivity index (χ2n) is 6.52. The molecule has 3 aromatic rings. The van der Waals surface area contributed by atoms with Crippen LogP contribution in [0.5, 0.6) is 11.5 Å². The molecular weight excluding hydrogens is 394 g/mol. The second-order valence-corrected chi connectivity index (χ2v) is 8.53. The van der Waals surface area contributed by atoms with Gasteiger partial charge in [-0.05, 0) is 49.2 Å². The molecule has 29 heavy (non-hydrogen) atoms. The molecule has 0 unspecified atom stereocenters.